The number of nitrogens with two attached hydrogens (primary N) is 1. The van der Waals surface area contributed by atoms with Crippen LogP contribution in [0.4, 0.5) is 0 Å². The van der Waals surface area contributed by atoms with Crippen molar-refractivity contribution in [2.24, 2.45) is 11.1 Å². The highest BCUT2D eigenvalue weighted by molar-refractivity contribution is 7.80. The number of nitrogens with zero attached hydrogens (tertiary/aromatic N) is 1. The topological polar surface area (TPSA) is 66.6 Å². The van der Waals surface area contributed by atoms with Crippen molar-refractivity contribution in [3.05, 3.63) is 0 Å². The molecule has 3 N–H and O–H groups in total. The van der Waals surface area contributed by atoms with Gasteiger partial charge < -0.3 is 15.7 Å². The van der Waals surface area contributed by atoms with Gasteiger partial charge in [-0.25, -0.2) is 0 Å². The number of aliphatic hydroxyl groups is 1. The van der Waals surface area contributed by atoms with Crippen molar-refractivity contribution in [1.29, 1.82) is 0 Å². The second-order valence-electron chi connectivity index (χ2n) is 5.63. The van der Waals surface area contributed by atoms with Gasteiger partial charge in [0.1, 0.15) is 0 Å². The normalized spacial score (nSPS) is 26.5. The summed E-state index contributed by atoms with van der Waals surface area (Å²) < 4.78 is 0. The summed E-state index contributed by atoms with van der Waals surface area (Å²) in [5.74, 6) is -0.0392. The number of carbonyl (C=O) groups excluding carboxylic acids is 1. The van der Waals surface area contributed by atoms with E-state index in [2.05, 4.69) is 0 Å². The van der Waals surface area contributed by atoms with Crippen molar-refractivity contribution in [2.45, 2.75) is 45.6 Å². The van der Waals surface area contributed by atoms with Crippen molar-refractivity contribution in [3.63, 3.8) is 0 Å². The number of carbonyl (C=O) groups is 1. The van der Waals surface area contributed by atoms with Crippen LogP contribution < -0.4 is 5.73 Å². The maximum Gasteiger partial charge on any atom is 0.235 e. The summed E-state index contributed by atoms with van der Waals surface area (Å²) in [6, 6.07) is 0. The van der Waals surface area contributed by atoms with E-state index >= 15 is 0 Å². The maximum absolute atomic E-state index is 12.3. The average molecular weight is 258 g/mol. The molecule has 0 spiro atoms. The predicted octanol–water partition coefficient (Wildman–Crippen LogP) is 1.06. The first kappa shape index (κ1) is 14.4. The molecule has 1 aliphatic rings. The third-order valence-electron chi connectivity index (χ3n) is 3.50. The molecule has 1 atom stereocenters. The lowest BCUT2D eigenvalue weighted by atomic mass is 9.91. The Morgan fingerprint density at radius 3 is 2.53 bits per heavy atom. The number of amides is 1. The molecule has 0 aliphatic carbocycles. The van der Waals surface area contributed by atoms with Crippen LogP contribution in [0.2, 0.25) is 0 Å². The van der Waals surface area contributed by atoms with Crippen molar-refractivity contribution in [3.8, 4) is 0 Å². The number of likely N-dealkylation sites (tertiary alicyclic amines) is 1. The van der Waals surface area contributed by atoms with Crippen molar-refractivity contribution in [1.82, 2.24) is 4.90 Å². The SMILES string of the molecule is CC1(O)CCCN(C(=O)C(C)(C)C(N)=S)CC1. The quantitative estimate of drug-likeness (QED) is 0.727. The molecule has 4 nitrogen and oxygen atoms in total. The molecule has 98 valence electrons. The Labute approximate surface area is 108 Å². The van der Waals surface area contributed by atoms with Gasteiger partial charge in [0.05, 0.1) is 16.0 Å². The van der Waals surface area contributed by atoms with Crippen LogP contribution in [0.3, 0.4) is 0 Å². The van der Waals surface area contributed by atoms with E-state index in [4.69, 9.17) is 18.0 Å². The monoisotopic (exact) mass is 258 g/mol. The molecule has 0 bridgehead atoms. The highest BCUT2D eigenvalue weighted by atomic mass is 32.1. The summed E-state index contributed by atoms with van der Waals surface area (Å²) in [5.41, 5.74) is 4.14. The molecular weight excluding hydrogens is 236 g/mol. The van der Waals surface area contributed by atoms with Gasteiger partial charge in [0.25, 0.3) is 0 Å². The molecule has 0 radical (unpaired) electrons. The zero-order valence-corrected chi connectivity index (χ0v) is 11.6. The van der Waals surface area contributed by atoms with E-state index in [9.17, 15) is 9.90 Å². The first-order chi connectivity index (χ1) is 7.67. The Hall–Kier alpha value is -0.680. The number of hydrogen-bond donors (Lipinski definition) is 2. The summed E-state index contributed by atoms with van der Waals surface area (Å²) in [4.78, 5) is 14.3. The summed E-state index contributed by atoms with van der Waals surface area (Å²) in [7, 11) is 0. The largest absolute Gasteiger partial charge is 0.392 e. The molecule has 1 rings (SSSR count). The highest BCUT2D eigenvalue weighted by Crippen LogP contribution is 2.25. The van der Waals surface area contributed by atoms with Crippen LogP contribution in [0.5, 0.6) is 0 Å². The lowest BCUT2D eigenvalue weighted by Gasteiger charge is -2.30. The zero-order valence-electron chi connectivity index (χ0n) is 10.8. The first-order valence-electron chi connectivity index (χ1n) is 5.98. The van der Waals surface area contributed by atoms with E-state index in [0.29, 0.717) is 19.5 Å². The highest BCUT2D eigenvalue weighted by Gasteiger charge is 2.36. The molecule has 0 aromatic heterocycles. The van der Waals surface area contributed by atoms with Crippen LogP contribution >= 0.6 is 12.2 Å². The van der Waals surface area contributed by atoms with Crippen molar-refractivity contribution in [2.75, 3.05) is 13.1 Å². The Balaban J connectivity index is 2.74. The van der Waals surface area contributed by atoms with Gasteiger partial charge in [-0.3, -0.25) is 4.79 Å². The van der Waals surface area contributed by atoms with E-state index in [1.54, 1.807) is 18.7 Å². The van der Waals surface area contributed by atoms with Gasteiger partial charge in [0, 0.05) is 13.1 Å². The molecule has 1 saturated heterocycles. The fraction of sp³-hybridized carbons (Fsp3) is 0.833. The number of hydrogen-bond acceptors (Lipinski definition) is 3. The molecule has 1 aliphatic heterocycles. The molecule has 0 saturated carbocycles. The molecule has 0 aromatic rings. The minimum Gasteiger partial charge on any atom is -0.392 e. The molecule has 1 fully saturated rings. The van der Waals surface area contributed by atoms with Crippen LogP contribution in [0, 0.1) is 5.41 Å². The molecule has 1 amide bonds. The van der Waals surface area contributed by atoms with Gasteiger partial charge in [-0.05, 0) is 40.0 Å². The van der Waals surface area contributed by atoms with Gasteiger partial charge in [-0.15, -0.1) is 0 Å². The number of rotatable bonds is 2. The predicted molar refractivity (Wildman–Crippen MR) is 71.6 cm³/mol. The van der Waals surface area contributed by atoms with Crippen molar-refractivity contribution >= 4 is 23.1 Å². The summed E-state index contributed by atoms with van der Waals surface area (Å²) >= 11 is 4.94. The lowest BCUT2D eigenvalue weighted by Crippen LogP contribution is -2.47. The van der Waals surface area contributed by atoms with Crippen molar-refractivity contribution < 1.29 is 9.90 Å². The minimum atomic E-state index is -0.800. The fourth-order valence-electron chi connectivity index (χ4n) is 1.97. The summed E-state index contributed by atoms with van der Waals surface area (Å²) in [5, 5.41) is 9.98. The number of thiocarbonyl (C=S) groups is 1. The second kappa shape index (κ2) is 4.90. The van der Waals surface area contributed by atoms with Crippen LogP contribution in [-0.4, -0.2) is 39.6 Å². The molecular formula is C12H22N2O2S. The maximum atomic E-state index is 12.3. The molecule has 1 heterocycles. The van der Waals surface area contributed by atoms with E-state index in [-0.39, 0.29) is 10.9 Å². The second-order valence-corrected chi connectivity index (χ2v) is 6.07. The third kappa shape index (κ3) is 3.39. The van der Waals surface area contributed by atoms with Crippen LogP contribution in [0.25, 0.3) is 0 Å². The fourth-order valence-corrected chi connectivity index (χ4v) is 2.05. The lowest BCUT2D eigenvalue weighted by molar-refractivity contribution is -0.137. The van der Waals surface area contributed by atoms with E-state index in [0.717, 1.165) is 12.8 Å². The first-order valence-corrected chi connectivity index (χ1v) is 6.39. The van der Waals surface area contributed by atoms with E-state index in [1.807, 2.05) is 6.92 Å². The van der Waals surface area contributed by atoms with Gasteiger partial charge in [0.2, 0.25) is 5.91 Å². The van der Waals surface area contributed by atoms with Crippen LogP contribution in [-0.2, 0) is 4.79 Å². The summed E-state index contributed by atoms with van der Waals surface area (Å²) in [6.07, 6.45) is 2.14. The molecule has 0 aromatic carbocycles. The zero-order chi connectivity index (χ0) is 13.3. The average Bonchev–Trinajstić information content (AvgIpc) is 2.38. The summed E-state index contributed by atoms with van der Waals surface area (Å²) in [6.45, 7) is 6.56. The Morgan fingerprint density at radius 1 is 1.41 bits per heavy atom. The van der Waals surface area contributed by atoms with Gasteiger partial charge in [-0.2, -0.15) is 0 Å². The van der Waals surface area contributed by atoms with Gasteiger partial charge in [-0.1, -0.05) is 12.2 Å². The van der Waals surface area contributed by atoms with Gasteiger partial charge >= 0.3 is 0 Å². The van der Waals surface area contributed by atoms with Gasteiger partial charge in [0.15, 0.2) is 0 Å². The Kier molecular flexibility index (Phi) is 4.15. The molecule has 1 unspecified atom stereocenters. The third-order valence-corrected chi connectivity index (χ3v) is 4.01. The Morgan fingerprint density at radius 2 is 2.00 bits per heavy atom. The van der Waals surface area contributed by atoms with E-state index in [1.165, 1.54) is 0 Å². The molecule has 17 heavy (non-hydrogen) atoms. The van der Waals surface area contributed by atoms with Crippen LogP contribution in [0.1, 0.15) is 40.0 Å². The Bertz CT molecular complexity index is 326. The smallest absolute Gasteiger partial charge is 0.235 e. The minimum absolute atomic E-state index is 0.0392. The standard InChI is InChI=1S/C12H22N2O2S/c1-11(2,9(13)17)10(15)14-7-4-5-12(3,16)6-8-14/h16H,4-8H2,1-3H3,(H2,13,17). The van der Waals surface area contributed by atoms with Crippen LogP contribution in [0.15, 0.2) is 0 Å². The van der Waals surface area contributed by atoms with E-state index < -0.39 is 11.0 Å². The molecule has 5 heteroatoms.